The molecule has 1 fully saturated rings. The molecule has 0 aliphatic carbocycles. The Morgan fingerprint density at radius 2 is 1.66 bits per heavy atom. The van der Waals surface area contributed by atoms with E-state index in [9.17, 15) is 0 Å². The Labute approximate surface area is 183 Å². The minimum atomic E-state index is 0.469. The van der Waals surface area contributed by atoms with E-state index in [1.54, 1.807) is 0 Å². The zero-order valence-electron chi connectivity index (χ0n) is 17.3. The fourth-order valence-electron chi connectivity index (χ4n) is 2.81. The van der Waals surface area contributed by atoms with Crippen molar-refractivity contribution in [3.63, 3.8) is 0 Å². The van der Waals surface area contributed by atoms with Gasteiger partial charge in [-0.1, -0.05) is 6.07 Å². The molecule has 0 unspecified atom stereocenters. The van der Waals surface area contributed by atoms with Gasteiger partial charge in [0.05, 0.1) is 11.4 Å². The molecule has 1 aliphatic heterocycles. The molecular weight excluding hydrogens is 404 g/mol. The molecule has 29 heavy (non-hydrogen) atoms. The van der Waals surface area contributed by atoms with E-state index in [0.29, 0.717) is 22.4 Å². The molecule has 0 saturated carbocycles. The Balaban J connectivity index is 2.11. The maximum Gasteiger partial charge on any atom is 0.186 e. The van der Waals surface area contributed by atoms with E-state index in [4.69, 9.17) is 24.4 Å². The topological polar surface area (TPSA) is 89.0 Å². The van der Waals surface area contributed by atoms with Gasteiger partial charge >= 0.3 is 0 Å². The number of anilines is 1. The van der Waals surface area contributed by atoms with Crippen LogP contribution < -0.4 is 26.4 Å². The van der Waals surface area contributed by atoms with Crippen LogP contribution in [0.5, 0.6) is 0 Å². The fourth-order valence-corrected chi connectivity index (χ4v) is 3.19. The fraction of sp³-hybridized carbons (Fsp3) is 0.526. The Bertz CT molecular complexity index is 739. The monoisotopic (exact) mass is 434 g/mol. The average molecular weight is 435 g/mol. The Morgan fingerprint density at radius 1 is 1.03 bits per heavy atom. The second kappa shape index (κ2) is 12.3. The van der Waals surface area contributed by atoms with Crippen molar-refractivity contribution >= 4 is 51.9 Å². The van der Waals surface area contributed by atoms with E-state index in [1.807, 2.05) is 27.0 Å². The molecule has 8 nitrogen and oxygen atoms in total. The lowest BCUT2D eigenvalue weighted by molar-refractivity contribution is 0.894. The van der Waals surface area contributed by atoms with Crippen LogP contribution in [0.25, 0.3) is 0 Å². The summed E-state index contributed by atoms with van der Waals surface area (Å²) >= 11 is 10.4. The minimum Gasteiger partial charge on any atom is -0.362 e. The molecule has 2 heterocycles. The number of aromatic nitrogens is 1. The highest BCUT2D eigenvalue weighted by Crippen LogP contribution is 2.17. The zero-order chi connectivity index (χ0) is 21.1. The molecule has 1 aromatic heterocycles. The second-order valence-electron chi connectivity index (χ2n) is 6.59. The summed E-state index contributed by atoms with van der Waals surface area (Å²) in [4.78, 5) is 6.94. The standard InChI is InChI=1S/C19H30N8S2/c1-4-20-18(28)25-23-14(3)16(24-26-19(29)21-5-2)12-15-8-9-17(22-13-15)27-10-6-7-11-27/h8-9,13H,4-7,10-12H2,1-3H3,(H2,20,25,28)(H2,21,26,29)/b23-14+,24-16+. The van der Waals surface area contributed by atoms with Crippen molar-refractivity contribution in [2.75, 3.05) is 31.1 Å². The first kappa shape index (κ1) is 23.0. The molecule has 0 bridgehead atoms. The maximum absolute atomic E-state index is 5.21. The molecule has 0 spiro atoms. The van der Waals surface area contributed by atoms with E-state index in [2.05, 4.69) is 53.7 Å². The summed E-state index contributed by atoms with van der Waals surface area (Å²) in [6, 6.07) is 4.16. The third-order valence-electron chi connectivity index (χ3n) is 4.32. The van der Waals surface area contributed by atoms with E-state index in [1.165, 1.54) is 12.8 Å². The first-order chi connectivity index (χ1) is 14.0. The van der Waals surface area contributed by atoms with Crippen molar-refractivity contribution in [1.82, 2.24) is 26.5 Å². The van der Waals surface area contributed by atoms with Gasteiger partial charge in [0.25, 0.3) is 0 Å². The van der Waals surface area contributed by atoms with Crippen molar-refractivity contribution in [1.29, 1.82) is 0 Å². The summed E-state index contributed by atoms with van der Waals surface area (Å²) in [6.07, 6.45) is 4.93. The van der Waals surface area contributed by atoms with Gasteiger partial charge in [0.2, 0.25) is 0 Å². The summed E-state index contributed by atoms with van der Waals surface area (Å²) in [5.74, 6) is 1.03. The molecule has 1 saturated heterocycles. The molecule has 0 radical (unpaired) electrons. The number of nitrogens with zero attached hydrogens (tertiary/aromatic N) is 4. The lowest BCUT2D eigenvalue weighted by Gasteiger charge is -2.16. The van der Waals surface area contributed by atoms with Crippen LogP contribution in [0.15, 0.2) is 28.5 Å². The highest BCUT2D eigenvalue weighted by Gasteiger charge is 2.14. The summed E-state index contributed by atoms with van der Waals surface area (Å²) < 4.78 is 0. The molecule has 10 heteroatoms. The number of rotatable bonds is 8. The Hall–Kier alpha value is -2.33. The van der Waals surface area contributed by atoms with Crippen molar-refractivity contribution < 1.29 is 0 Å². The molecule has 4 N–H and O–H groups in total. The molecule has 158 valence electrons. The number of nitrogens with one attached hydrogen (secondary N) is 4. The number of thiocarbonyl (C=S) groups is 2. The van der Waals surface area contributed by atoms with Crippen molar-refractivity contribution in [3.8, 4) is 0 Å². The first-order valence-electron chi connectivity index (χ1n) is 9.92. The van der Waals surface area contributed by atoms with Gasteiger partial charge in [-0.15, -0.1) is 0 Å². The zero-order valence-corrected chi connectivity index (χ0v) is 18.9. The van der Waals surface area contributed by atoms with Gasteiger partial charge in [-0.25, -0.2) is 4.98 Å². The molecule has 2 rings (SSSR count). The average Bonchev–Trinajstić information content (AvgIpc) is 3.25. The minimum absolute atomic E-state index is 0.469. The first-order valence-corrected chi connectivity index (χ1v) is 10.7. The highest BCUT2D eigenvalue weighted by atomic mass is 32.1. The molecule has 1 aromatic rings. The number of hydrogen-bond donors (Lipinski definition) is 4. The number of hydrazone groups is 2. The molecule has 1 aliphatic rings. The highest BCUT2D eigenvalue weighted by molar-refractivity contribution is 7.80. The smallest absolute Gasteiger partial charge is 0.186 e. The van der Waals surface area contributed by atoms with Crippen LogP contribution in [0.1, 0.15) is 39.2 Å². The van der Waals surface area contributed by atoms with Crippen LogP contribution >= 0.6 is 24.4 Å². The van der Waals surface area contributed by atoms with Crippen molar-refractivity contribution in [3.05, 3.63) is 23.9 Å². The van der Waals surface area contributed by atoms with E-state index >= 15 is 0 Å². The van der Waals surface area contributed by atoms with Gasteiger partial charge in [-0.05, 0) is 69.7 Å². The third-order valence-corrected chi connectivity index (χ3v) is 4.79. The van der Waals surface area contributed by atoms with E-state index < -0.39 is 0 Å². The molecule has 0 aromatic carbocycles. The van der Waals surface area contributed by atoms with Gasteiger partial charge in [-0.3, -0.25) is 10.9 Å². The van der Waals surface area contributed by atoms with E-state index in [0.717, 1.165) is 43.3 Å². The van der Waals surface area contributed by atoms with Crippen LogP contribution in [0.3, 0.4) is 0 Å². The summed E-state index contributed by atoms with van der Waals surface area (Å²) in [5.41, 5.74) is 8.21. The molecule has 0 amide bonds. The Morgan fingerprint density at radius 3 is 2.21 bits per heavy atom. The van der Waals surface area contributed by atoms with Crippen LogP contribution in [0.4, 0.5) is 5.82 Å². The summed E-state index contributed by atoms with van der Waals surface area (Å²) in [7, 11) is 0. The summed E-state index contributed by atoms with van der Waals surface area (Å²) in [6.45, 7) is 9.44. The predicted octanol–water partition coefficient (Wildman–Crippen LogP) is 1.92. The number of hydrogen-bond acceptors (Lipinski definition) is 6. The molecular formula is C19H30N8S2. The van der Waals surface area contributed by atoms with Crippen LogP contribution in [0, 0.1) is 0 Å². The van der Waals surface area contributed by atoms with Gasteiger partial charge < -0.3 is 15.5 Å². The second-order valence-corrected chi connectivity index (χ2v) is 7.41. The quantitative estimate of drug-likeness (QED) is 0.280. The van der Waals surface area contributed by atoms with Crippen LogP contribution in [-0.2, 0) is 6.42 Å². The lowest BCUT2D eigenvalue weighted by Crippen LogP contribution is -2.35. The van der Waals surface area contributed by atoms with Gasteiger partial charge in [-0.2, -0.15) is 10.2 Å². The Kier molecular flexibility index (Phi) is 9.72. The van der Waals surface area contributed by atoms with Gasteiger partial charge in [0, 0.05) is 38.8 Å². The van der Waals surface area contributed by atoms with E-state index in [-0.39, 0.29) is 0 Å². The van der Waals surface area contributed by atoms with Crippen LogP contribution in [-0.4, -0.2) is 52.8 Å². The van der Waals surface area contributed by atoms with Gasteiger partial charge in [0.15, 0.2) is 10.2 Å². The maximum atomic E-state index is 5.21. The summed E-state index contributed by atoms with van der Waals surface area (Å²) in [5, 5.41) is 15.8. The normalized spacial score (nSPS) is 14.5. The SMILES string of the molecule is CCNC(=S)N/N=C(C)/C(Cc1ccc(N2CCCC2)nc1)=N/NC(=S)NCC. The lowest BCUT2D eigenvalue weighted by atomic mass is 10.1. The van der Waals surface area contributed by atoms with Crippen molar-refractivity contribution in [2.24, 2.45) is 10.2 Å². The molecule has 0 atom stereocenters. The van der Waals surface area contributed by atoms with Crippen molar-refractivity contribution in [2.45, 2.75) is 40.0 Å². The predicted molar refractivity (Wildman–Crippen MR) is 129 cm³/mol. The largest absolute Gasteiger partial charge is 0.362 e. The third kappa shape index (κ3) is 7.90. The van der Waals surface area contributed by atoms with Gasteiger partial charge in [0.1, 0.15) is 5.82 Å². The van der Waals surface area contributed by atoms with Crippen LogP contribution in [0.2, 0.25) is 0 Å². The number of pyridine rings is 1.